The van der Waals surface area contributed by atoms with Crippen LogP contribution in [-0.2, 0) is 25.7 Å². The van der Waals surface area contributed by atoms with Crippen molar-refractivity contribution in [2.24, 2.45) is 5.92 Å². The maximum atomic E-state index is 13.1. The predicted octanol–water partition coefficient (Wildman–Crippen LogP) is 2.67. The van der Waals surface area contributed by atoms with Crippen molar-refractivity contribution in [3.8, 4) is 17.2 Å². The third-order valence-electron chi connectivity index (χ3n) is 6.32. The van der Waals surface area contributed by atoms with Crippen LogP contribution in [0.2, 0.25) is 0 Å². The zero-order valence-corrected chi connectivity index (χ0v) is 24.9. The van der Waals surface area contributed by atoms with Gasteiger partial charge in [0.15, 0.2) is 11.5 Å². The van der Waals surface area contributed by atoms with E-state index in [0.29, 0.717) is 22.8 Å². The highest BCUT2D eigenvalue weighted by Crippen LogP contribution is 2.39. The molecule has 12 nitrogen and oxygen atoms in total. The second kappa shape index (κ2) is 16.8. The molecule has 3 amide bonds. The van der Waals surface area contributed by atoms with Gasteiger partial charge in [0.2, 0.25) is 17.4 Å². The minimum Gasteiger partial charge on any atom is -0.493 e. The summed E-state index contributed by atoms with van der Waals surface area (Å²) in [5, 5.41) is 18.2. The summed E-state index contributed by atoms with van der Waals surface area (Å²) < 4.78 is 21.1. The molecule has 2 aromatic rings. The number of methoxy groups -OCH3 is 3. The lowest BCUT2D eigenvalue weighted by atomic mass is 10.0. The zero-order valence-electron chi connectivity index (χ0n) is 24.9. The number of carbonyl (C=O) groups is 4. The molecular formula is C30H41N3O9. The minimum atomic E-state index is -1.20. The largest absolute Gasteiger partial charge is 0.493 e. The van der Waals surface area contributed by atoms with Crippen molar-refractivity contribution < 1.29 is 43.2 Å². The van der Waals surface area contributed by atoms with Crippen LogP contribution in [0.1, 0.15) is 50.8 Å². The quantitative estimate of drug-likeness (QED) is 0.216. The topological polar surface area (TPSA) is 162 Å². The lowest BCUT2D eigenvalue weighted by Crippen LogP contribution is -2.54. The second-order valence-corrected chi connectivity index (χ2v) is 9.91. The summed E-state index contributed by atoms with van der Waals surface area (Å²) >= 11 is 0. The standard InChI is InChI=1S/C30H41N3O9/c1-7-21(32-28(36)22(13-18(2)3)33-30(38)42-17-19-11-9-8-10-12-19)26(35)29(37)31-16-23(34)20-14-24(39-4)27(41-6)25(15-20)40-5/h8-12,14-15,18,21-23,34H,7,13,16-17H2,1-6H3,(H,31,37)(H,32,36)(H,33,38)/t21?,22-,23?/m0/s1. The van der Waals surface area contributed by atoms with Crippen LogP contribution in [-0.4, -0.2) is 68.8 Å². The van der Waals surface area contributed by atoms with E-state index in [1.807, 2.05) is 32.0 Å². The fourth-order valence-electron chi connectivity index (χ4n) is 4.08. The summed E-state index contributed by atoms with van der Waals surface area (Å²) in [6.45, 7) is 5.14. The lowest BCUT2D eigenvalue weighted by molar-refractivity contribution is -0.140. The summed E-state index contributed by atoms with van der Waals surface area (Å²) in [4.78, 5) is 51.0. The molecule has 4 N–H and O–H groups in total. The first-order chi connectivity index (χ1) is 20.0. The van der Waals surface area contributed by atoms with E-state index < -0.39 is 41.9 Å². The first-order valence-electron chi connectivity index (χ1n) is 13.6. The molecule has 12 heteroatoms. The maximum Gasteiger partial charge on any atom is 0.408 e. The molecule has 0 aliphatic carbocycles. The number of aliphatic hydroxyl groups excluding tert-OH is 1. The van der Waals surface area contributed by atoms with Crippen molar-refractivity contribution in [2.45, 2.75) is 58.4 Å². The molecule has 0 fully saturated rings. The van der Waals surface area contributed by atoms with Gasteiger partial charge in [-0.25, -0.2) is 4.79 Å². The summed E-state index contributed by atoms with van der Waals surface area (Å²) in [6.07, 6.45) is -1.58. The summed E-state index contributed by atoms with van der Waals surface area (Å²) in [5.41, 5.74) is 1.15. The van der Waals surface area contributed by atoms with Crippen LogP contribution < -0.4 is 30.2 Å². The van der Waals surface area contributed by atoms with Crippen molar-refractivity contribution in [2.75, 3.05) is 27.9 Å². The van der Waals surface area contributed by atoms with Gasteiger partial charge in [0.05, 0.1) is 33.5 Å². The van der Waals surface area contributed by atoms with Gasteiger partial charge in [0.25, 0.3) is 5.91 Å². The lowest BCUT2D eigenvalue weighted by Gasteiger charge is -2.23. The van der Waals surface area contributed by atoms with Gasteiger partial charge in [-0.1, -0.05) is 51.1 Å². The van der Waals surface area contributed by atoms with E-state index in [-0.39, 0.29) is 31.9 Å². The third kappa shape index (κ3) is 9.95. The van der Waals surface area contributed by atoms with Crippen LogP contribution in [0.5, 0.6) is 17.2 Å². The fraction of sp³-hybridized carbons (Fsp3) is 0.467. The number of hydrogen-bond donors (Lipinski definition) is 4. The highest BCUT2D eigenvalue weighted by atomic mass is 16.5. The van der Waals surface area contributed by atoms with Gasteiger partial charge < -0.3 is 40.0 Å². The molecule has 0 saturated carbocycles. The summed E-state index contributed by atoms with van der Waals surface area (Å²) in [6, 6.07) is 10.0. The Morgan fingerprint density at radius 3 is 2.02 bits per heavy atom. The first-order valence-corrected chi connectivity index (χ1v) is 13.6. The smallest absolute Gasteiger partial charge is 0.408 e. The van der Waals surface area contributed by atoms with Crippen LogP contribution in [0, 0.1) is 5.92 Å². The van der Waals surface area contributed by atoms with Crippen LogP contribution in [0.3, 0.4) is 0 Å². The average Bonchev–Trinajstić information content (AvgIpc) is 2.99. The van der Waals surface area contributed by atoms with E-state index >= 15 is 0 Å². The number of carbonyl (C=O) groups excluding carboxylic acids is 4. The Kier molecular flexibility index (Phi) is 13.6. The molecule has 2 aromatic carbocycles. The van der Waals surface area contributed by atoms with Gasteiger partial charge in [-0.05, 0) is 42.0 Å². The number of rotatable bonds is 16. The van der Waals surface area contributed by atoms with E-state index in [4.69, 9.17) is 18.9 Å². The van der Waals surface area contributed by atoms with Crippen molar-refractivity contribution in [3.05, 3.63) is 53.6 Å². The molecule has 3 atom stereocenters. The number of benzene rings is 2. The van der Waals surface area contributed by atoms with Gasteiger partial charge in [0.1, 0.15) is 12.6 Å². The number of Topliss-reactive ketones (excluding diaryl/α,β-unsaturated/α-hetero) is 1. The summed E-state index contributed by atoms with van der Waals surface area (Å²) in [7, 11) is 4.31. The highest BCUT2D eigenvalue weighted by Gasteiger charge is 2.30. The molecule has 2 rings (SSSR count). The Labute approximate surface area is 246 Å². The van der Waals surface area contributed by atoms with Gasteiger partial charge in [-0.15, -0.1) is 0 Å². The van der Waals surface area contributed by atoms with Crippen LogP contribution in [0.4, 0.5) is 4.79 Å². The molecule has 42 heavy (non-hydrogen) atoms. The number of ketones is 1. The van der Waals surface area contributed by atoms with Crippen molar-refractivity contribution >= 4 is 23.7 Å². The molecule has 230 valence electrons. The molecule has 2 unspecified atom stereocenters. The number of hydrogen-bond acceptors (Lipinski definition) is 9. The highest BCUT2D eigenvalue weighted by molar-refractivity contribution is 6.38. The van der Waals surface area contributed by atoms with E-state index in [1.54, 1.807) is 19.1 Å². The number of nitrogens with one attached hydrogen (secondary N) is 3. The van der Waals surface area contributed by atoms with Crippen molar-refractivity contribution in [3.63, 3.8) is 0 Å². The Morgan fingerprint density at radius 2 is 1.50 bits per heavy atom. The van der Waals surface area contributed by atoms with Gasteiger partial charge >= 0.3 is 6.09 Å². The molecule has 0 aliphatic heterocycles. The van der Waals surface area contributed by atoms with Crippen LogP contribution in [0.25, 0.3) is 0 Å². The van der Waals surface area contributed by atoms with E-state index in [0.717, 1.165) is 5.56 Å². The number of ether oxygens (including phenoxy) is 4. The van der Waals surface area contributed by atoms with Crippen LogP contribution >= 0.6 is 0 Å². The fourth-order valence-corrected chi connectivity index (χ4v) is 4.08. The van der Waals surface area contributed by atoms with Crippen LogP contribution in [0.15, 0.2) is 42.5 Å². The summed E-state index contributed by atoms with van der Waals surface area (Å²) in [5.74, 6) is -1.49. The molecular weight excluding hydrogens is 546 g/mol. The Balaban J connectivity index is 2.00. The van der Waals surface area contributed by atoms with Gasteiger partial charge in [-0.2, -0.15) is 0 Å². The monoisotopic (exact) mass is 587 g/mol. The van der Waals surface area contributed by atoms with Gasteiger partial charge in [0, 0.05) is 6.54 Å². The molecule has 0 heterocycles. The maximum absolute atomic E-state index is 13.1. The molecule has 0 saturated heterocycles. The minimum absolute atomic E-state index is 0.0286. The average molecular weight is 588 g/mol. The Bertz CT molecular complexity index is 1180. The third-order valence-corrected chi connectivity index (χ3v) is 6.32. The molecule has 0 bridgehead atoms. The van der Waals surface area contributed by atoms with Gasteiger partial charge in [-0.3, -0.25) is 14.4 Å². The number of alkyl carbamates (subject to hydrolysis) is 1. The predicted molar refractivity (Wildman–Crippen MR) is 154 cm³/mol. The van der Waals surface area contributed by atoms with E-state index in [1.165, 1.54) is 33.5 Å². The Morgan fingerprint density at radius 1 is 0.881 bits per heavy atom. The molecule has 0 aromatic heterocycles. The number of amides is 3. The zero-order chi connectivity index (χ0) is 31.2. The second-order valence-electron chi connectivity index (χ2n) is 9.91. The molecule has 0 aliphatic rings. The van der Waals surface area contributed by atoms with E-state index in [2.05, 4.69) is 16.0 Å². The van der Waals surface area contributed by atoms with Crippen molar-refractivity contribution in [1.82, 2.24) is 16.0 Å². The first kappa shape index (κ1) is 33.9. The normalized spacial score (nSPS) is 12.9. The molecule has 0 radical (unpaired) electrons. The Hall–Kier alpha value is -4.32. The number of aliphatic hydroxyl groups is 1. The molecule has 0 spiro atoms. The van der Waals surface area contributed by atoms with Crippen molar-refractivity contribution in [1.29, 1.82) is 0 Å². The SMILES string of the molecule is CCC(NC(=O)[C@H](CC(C)C)NC(=O)OCc1ccccc1)C(=O)C(=O)NCC(O)c1cc(OC)c(OC)c(OC)c1. The van der Waals surface area contributed by atoms with E-state index in [9.17, 15) is 24.3 Å².